The predicted molar refractivity (Wildman–Crippen MR) is 81.1 cm³/mol. The number of carbonyl (C=O) groups is 1. The Bertz CT molecular complexity index is 570. The van der Waals surface area contributed by atoms with Crippen molar-refractivity contribution in [1.29, 1.82) is 0 Å². The van der Waals surface area contributed by atoms with Crippen molar-refractivity contribution in [3.05, 3.63) is 41.2 Å². The molecule has 1 atom stereocenters. The molecule has 2 aliphatic rings. The topological polar surface area (TPSA) is 35.6 Å². The number of anilines is 1. The van der Waals surface area contributed by atoms with Crippen molar-refractivity contribution < 1.29 is 9.18 Å². The van der Waals surface area contributed by atoms with Crippen molar-refractivity contribution in [2.45, 2.75) is 12.5 Å². The first-order chi connectivity index (χ1) is 10.1. The van der Waals surface area contributed by atoms with Crippen molar-refractivity contribution in [3.63, 3.8) is 0 Å². The molecule has 1 saturated heterocycles. The molecule has 1 aromatic rings. The fourth-order valence-corrected chi connectivity index (χ4v) is 2.98. The SMILES string of the molecule is O=C(Nc1cc(Cl)ccc1F)N1CC[C@@H](N2CC=CC2)C1. The number of nitrogens with zero attached hydrogens (tertiary/aromatic N) is 2. The molecular weight excluding hydrogens is 293 g/mol. The molecule has 1 aromatic carbocycles. The number of benzene rings is 1. The zero-order chi connectivity index (χ0) is 14.8. The minimum Gasteiger partial charge on any atom is -0.323 e. The Kier molecular flexibility index (Phi) is 4.12. The second-order valence-corrected chi connectivity index (χ2v) is 5.80. The van der Waals surface area contributed by atoms with E-state index >= 15 is 0 Å². The van der Waals surface area contributed by atoms with Crippen molar-refractivity contribution in [3.8, 4) is 0 Å². The summed E-state index contributed by atoms with van der Waals surface area (Å²) in [5.41, 5.74) is 0.124. The van der Waals surface area contributed by atoms with Gasteiger partial charge in [-0.1, -0.05) is 23.8 Å². The molecule has 4 nitrogen and oxygen atoms in total. The first-order valence-corrected chi connectivity index (χ1v) is 7.41. The van der Waals surface area contributed by atoms with Gasteiger partial charge in [-0.2, -0.15) is 0 Å². The molecule has 0 spiro atoms. The number of halogens is 2. The zero-order valence-corrected chi connectivity index (χ0v) is 12.3. The fraction of sp³-hybridized carbons (Fsp3) is 0.400. The zero-order valence-electron chi connectivity index (χ0n) is 11.6. The van der Waals surface area contributed by atoms with Gasteiger partial charge in [0.25, 0.3) is 0 Å². The lowest BCUT2D eigenvalue weighted by atomic mass is 10.2. The van der Waals surface area contributed by atoms with E-state index in [-0.39, 0.29) is 11.7 Å². The van der Waals surface area contributed by atoms with Gasteiger partial charge in [0.05, 0.1) is 5.69 Å². The molecule has 2 heterocycles. The molecule has 0 aliphatic carbocycles. The van der Waals surface area contributed by atoms with E-state index in [1.807, 2.05) is 0 Å². The molecule has 3 rings (SSSR count). The van der Waals surface area contributed by atoms with E-state index in [4.69, 9.17) is 11.6 Å². The summed E-state index contributed by atoms with van der Waals surface area (Å²) in [5.74, 6) is -0.479. The third-order valence-corrected chi connectivity index (χ3v) is 4.22. The molecule has 0 aromatic heterocycles. The summed E-state index contributed by atoms with van der Waals surface area (Å²) in [4.78, 5) is 16.3. The molecule has 0 saturated carbocycles. The number of hydrogen-bond acceptors (Lipinski definition) is 2. The van der Waals surface area contributed by atoms with Crippen LogP contribution in [0, 0.1) is 5.82 Å². The minimum atomic E-state index is -0.479. The van der Waals surface area contributed by atoms with Crippen molar-refractivity contribution in [2.75, 3.05) is 31.5 Å². The van der Waals surface area contributed by atoms with E-state index < -0.39 is 5.82 Å². The van der Waals surface area contributed by atoms with E-state index in [9.17, 15) is 9.18 Å². The molecule has 0 bridgehead atoms. The summed E-state index contributed by atoms with van der Waals surface area (Å²) in [6.07, 6.45) is 5.24. The predicted octanol–water partition coefficient (Wildman–Crippen LogP) is 2.96. The van der Waals surface area contributed by atoms with Gasteiger partial charge >= 0.3 is 6.03 Å². The van der Waals surface area contributed by atoms with Crippen LogP contribution < -0.4 is 5.32 Å². The van der Waals surface area contributed by atoms with Crippen LogP contribution in [-0.2, 0) is 0 Å². The summed E-state index contributed by atoms with van der Waals surface area (Å²) in [7, 11) is 0. The van der Waals surface area contributed by atoms with Crippen molar-refractivity contribution in [2.24, 2.45) is 0 Å². The molecule has 6 heteroatoms. The van der Waals surface area contributed by atoms with Crippen LogP contribution in [0.1, 0.15) is 6.42 Å². The molecule has 21 heavy (non-hydrogen) atoms. The van der Waals surface area contributed by atoms with Crippen molar-refractivity contribution in [1.82, 2.24) is 9.80 Å². The average Bonchev–Trinajstić information content (AvgIpc) is 3.12. The summed E-state index contributed by atoms with van der Waals surface area (Å²) < 4.78 is 13.6. The number of hydrogen-bond donors (Lipinski definition) is 1. The Morgan fingerprint density at radius 1 is 1.33 bits per heavy atom. The maximum Gasteiger partial charge on any atom is 0.321 e. The lowest BCUT2D eigenvalue weighted by Gasteiger charge is -2.23. The van der Waals surface area contributed by atoms with E-state index in [1.54, 1.807) is 4.90 Å². The van der Waals surface area contributed by atoms with Crippen LogP contribution in [0.2, 0.25) is 5.02 Å². The fourth-order valence-electron chi connectivity index (χ4n) is 2.80. The Labute approximate surface area is 128 Å². The first-order valence-electron chi connectivity index (χ1n) is 7.03. The van der Waals surface area contributed by atoms with E-state index in [0.29, 0.717) is 24.2 Å². The van der Waals surface area contributed by atoms with Gasteiger partial charge in [0.1, 0.15) is 5.82 Å². The van der Waals surface area contributed by atoms with E-state index in [2.05, 4.69) is 22.4 Å². The Morgan fingerprint density at radius 3 is 2.86 bits per heavy atom. The van der Waals surface area contributed by atoms with Crippen LogP contribution in [-0.4, -0.2) is 48.1 Å². The van der Waals surface area contributed by atoms with E-state index in [1.165, 1.54) is 18.2 Å². The highest BCUT2D eigenvalue weighted by molar-refractivity contribution is 6.30. The quantitative estimate of drug-likeness (QED) is 0.853. The highest BCUT2D eigenvalue weighted by Crippen LogP contribution is 2.22. The standard InChI is InChI=1S/C15H17ClFN3O/c16-11-3-4-13(17)14(9-11)18-15(21)20-8-5-12(10-20)19-6-1-2-7-19/h1-4,9,12H,5-8,10H2,(H,18,21)/t12-/m1/s1. The third-order valence-electron chi connectivity index (χ3n) is 3.98. The first kappa shape index (κ1) is 14.4. The monoisotopic (exact) mass is 309 g/mol. The van der Waals surface area contributed by atoms with Crippen LogP contribution in [0.3, 0.4) is 0 Å². The molecule has 1 N–H and O–H groups in total. The van der Waals surface area contributed by atoms with Crippen LogP contribution >= 0.6 is 11.6 Å². The second-order valence-electron chi connectivity index (χ2n) is 5.37. The second kappa shape index (κ2) is 6.03. The molecule has 1 fully saturated rings. The van der Waals surface area contributed by atoms with Gasteiger partial charge in [0.2, 0.25) is 0 Å². The molecule has 2 aliphatic heterocycles. The Morgan fingerprint density at radius 2 is 2.10 bits per heavy atom. The normalized spacial score (nSPS) is 22.0. The van der Waals surface area contributed by atoms with Gasteiger partial charge in [-0.05, 0) is 24.6 Å². The van der Waals surface area contributed by atoms with Crippen molar-refractivity contribution >= 4 is 23.3 Å². The highest BCUT2D eigenvalue weighted by atomic mass is 35.5. The number of nitrogens with one attached hydrogen (secondary N) is 1. The highest BCUT2D eigenvalue weighted by Gasteiger charge is 2.30. The number of carbonyl (C=O) groups excluding carboxylic acids is 1. The minimum absolute atomic E-state index is 0.124. The number of likely N-dealkylation sites (tertiary alicyclic amines) is 1. The largest absolute Gasteiger partial charge is 0.323 e. The van der Waals surface area contributed by atoms with Gasteiger partial charge in [-0.25, -0.2) is 9.18 Å². The van der Waals surface area contributed by atoms with Crippen LogP contribution in [0.15, 0.2) is 30.4 Å². The molecule has 0 radical (unpaired) electrons. The summed E-state index contributed by atoms with van der Waals surface area (Å²) >= 11 is 5.82. The Balaban J connectivity index is 1.60. The van der Waals surface area contributed by atoms with E-state index in [0.717, 1.165) is 19.5 Å². The van der Waals surface area contributed by atoms with Gasteiger partial charge in [0, 0.05) is 37.2 Å². The van der Waals surface area contributed by atoms with Gasteiger partial charge < -0.3 is 10.2 Å². The van der Waals surface area contributed by atoms with Gasteiger partial charge in [-0.3, -0.25) is 4.90 Å². The molecule has 2 amide bonds. The maximum atomic E-state index is 13.6. The van der Waals surface area contributed by atoms with Gasteiger partial charge in [0.15, 0.2) is 0 Å². The summed E-state index contributed by atoms with van der Waals surface area (Å²) in [6, 6.07) is 4.24. The third kappa shape index (κ3) is 3.19. The lowest BCUT2D eigenvalue weighted by molar-refractivity contribution is 0.212. The summed E-state index contributed by atoms with van der Waals surface area (Å²) in [5, 5.41) is 2.99. The average molecular weight is 310 g/mol. The van der Waals surface area contributed by atoms with Gasteiger partial charge in [-0.15, -0.1) is 0 Å². The lowest BCUT2D eigenvalue weighted by Crippen LogP contribution is -2.39. The molecule has 112 valence electrons. The smallest absolute Gasteiger partial charge is 0.321 e. The number of amides is 2. The molecular formula is C15H17ClFN3O. The number of urea groups is 1. The van der Waals surface area contributed by atoms with Crippen LogP contribution in [0.4, 0.5) is 14.9 Å². The summed E-state index contributed by atoms with van der Waals surface area (Å²) in [6.45, 7) is 3.26. The van der Waals surface area contributed by atoms with Crippen LogP contribution in [0.5, 0.6) is 0 Å². The van der Waals surface area contributed by atoms with Crippen LogP contribution in [0.25, 0.3) is 0 Å². The number of rotatable bonds is 2. The Hall–Kier alpha value is -1.59. The molecule has 0 unspecified atom stereocenters. The maximum absolute atomic E-state index is 13.6.